The number of primary amides is 1. The van der Waals surface area contributed by atoms with Crippen LogP contribution in [0, 0.1) is 11.8 Å². The SMILES string of the molecule is CCc1ccc2c(c1)C1(NC(CC(N)=O)C3C(=O)N(C(C)(C)C)C(=O)C31)C(=O)N2. The molecule has 8 nitrogen and oxygen atoms in total. The summed E-state index contributed by atoms with van der Waals surface area (Å²) in [5.41, 5.74) is 5.59. The summed E-state index contributed by atoms with van der Waals surface area (Å²) in [5.74, 6) is -3.47. The lowest BCUT2D eigenvalue weighted by Gasteiger charge is -2.34. The third kappa shape index (κ3) is 2.55. The number of carbonyl (C=O) groups is 4. The number of fused-ring (bicyclic) bond motifs is 4. The largest absolute Gasteiger partial charge is 0.370 e. The number of likely N-dealkylation sites (tertiary alicyclic amines) is 1. The molecule has 3 aliphatic rings. The first kappa shape index (κ1) is 19.6. The van der Waals surface area contributed by atoms with Crippen LogP contribution in [0.4, 0.5) is 5.69 Å². The molecule has 0 bridgehead atoms. The fourth-order valence-corrected chi connectivity index (χ4v) is 5.12. The van der Waals surface area contributed by atoms with Gasteiger partial charge in [-0.25, -0.2) is 0 Å². The molecule has 4 atom stereocenters. The van der Waals surface area contributed by atoms with Gasteiger partial charge >= 0.3 is 0 Å². The number of nitrogens with zero attached hydrogens (tertiary/aromatic N) is 1. The van der Waals surface area contributed by atoms with E-state index in [1.165, 1.54) is 4.90 Å². The van der Waals surface area contributed by atoms with Gasteiger partial charge in [-0.2, -0.15) is 0 Å². The molecule has 4 N–H and O–H groups in total. The van der Waals surface area contributed by atoms with E-state index < -0.39 is 40.8 Å². The van der Waals surface area contributed by atoms with Gasteiger partial charge in [0.05, 0.1) is 11.8 Å². The summed E-state index contributed by atoms with van der Waals surface area (Å²) in [5, 5.41) is 6.07. The number of aryl methyl sites for hydroxylation is 1. The van der Waals surface area contributed by atoms with Crippen LogP contribution in [0.1, 0.15) is 45.2 Å². The lowest BCUT2D eigenvalue weighted by molar-refractivity contribution is -0.147. The predicted octanol–water partition coefficient (Wildman–Crippen LogP) is 0.643. The predicted molar refractivity (Wildman–Crippen MR) is 105 cm³/mol. The molecule has 0 saturated carbocycles. The maximum absolute atomic E-state index is 13.5. The van der Waals surface area contributed by atoms with Gasteiger partial charge in [0.25, 0.3) is 0 Å². The smallest absolute Gasteiger partial charge is 0.250 e. The van der Waals surface area contributed by atoms with E-state index >= 15 is 0 Å². The molecular formula is C21H26N4O4. The minimum absolute atomic E-state index is 0.129. The molecule has 4 rings (SSSR count). The lowest BCUT2D eigenvalue weighted by Crippen LogP contribution is -2.56. The molecule has 4 amide bonds. The first-order valence-corrected chi connectivity index (χ1v) is 9.91. The number of carbonyl (C=O) groups excluding carboxylic acids is 4. The van der Waals surface area contributed by atoms with Crippen molar-refractivity contribution in [1.82, 2.24) is 10.2 Å². The van der Waals surface area contributed by atoms with Crippen LogP contribution in [0.5, 0.6) is 0 Å². The Kier molecular flexibility index (Phi) is 4.13. The van der Waals surface area contributed by atoms with Crippen molar-refractivity contribution in [2.24, 2.45) is 17.6 Å². The van der Waals surface area contributed by atoms with Gasteiger partial charge in [-0.15, -0.1) is 0 Å². The molecule has 3 heterocycles. The van der Waals surface area contributed by atoms with Crippen LogP contribution in [0.3, 0.4) is 0 Å². The first-order valence-electron chi connectivity index (χ1n) is 9.91. The Morgan fingerprint density at radius 3 is 2.48 bits per heavy atom. The zero-order chi connectivity index (χ0) is 21.3. The minimum atomic E-state index is -1.39. The summed E-state index contributed by atoms with van der Waals surface area (Å²) in [7, 11) is 0. The molecular weight excluding hydrogens is 372 g/mol. The molecule has 1 aromatic rings. The van der Waals surface area contributed by atoms with Crippen molar-refractivity contribution in [3.63, 3.8) is 0 Å². The summed E-state index contributed by atoms with van der Waals surface area (Å²) in [6, 6.07) is 4.96. The second-order valence-electron chi connectivity index (χ2n) is 9.10. The monoisotopic (exact) mass is 398 g/mol. The van der Waals surface area contributed by atoms with E-state index in [1.807, 2.05) is 25.1 Å². The Balaban J connectivity index is 1.92. The molecule has 2 fully saturated rings. The number of imide groups is 1. The molecule has 1 aromatic carbocycles. The average molecular weight is 398 g/mol. The van der Waals surface area contributed by atoms with Gasteiger partial charge in [0.1, 0.15) is 5.54 Å². The van der Waals surface area contributed by atoms with Crippen molar-refractivity contribution in [1.29, 1.82) is 0 Å². The summed E-state index contributed by atoms with van der Waals surface area (Å²) >= 11 is 0. The molecule has 0 aromatic heterocycles. The van der Waals surface area contributed by atoms with Gasteiger partial charge in [0.15, 0.2) is 0 Å². The number of anilines is 1. The zero-order valence-corrected chi connectivity index (χ0v) is 17.0. The van der Waals surface area contributed by atoms with Crippen molar-refractivity contribution in [3.05, 3.63) is 29.3 Å². The zero-order valence-electron chi connectivity index (χ0n) is 17.0. The van der Waals surface area contributed by atoms with E-state index in [1.54, 1.807) is 20.8 Å². The Bertz CT molecular complexity index is 950. The molecule has 0 radical (unpaired) electrons. The van der Waals surface area contributed by atoms with E-state index in [-0.39, 0.29) is 18.2 Å². The van der Waals surface area contributed by atoms with E-state index in [4.69, 9.17) is 5.73 Å². The first-order chi connectivity index (χ1) is 13.5. The number of hydrogen-bond acceptors (Lipinski definition) is 5. The number of benzene rings is 1. The minimum Gasteiger partial charge on any atom is -0.370 e. The lowest BCUT2D eigenvalue weighted by atomic mass is 9.76. The molecule has 2 saturated heterocycles. The highest BCUT2D eigenvalue weighted by molar-refractivity contribution is 6.15. The van der Waals surface area contributed by atoms with E-state index in [2.05, 4.69) is 10.6 Å². The number of nitrogens with two attached hydrogens (primary N) is 1. The van der Waals surface area contributed by atoms with Crippen LogP contribution >= 0.6 is 0 Å². The van der Waals surface area contributed by atoms with Gasteiger partial charge in [0, 0.05) is 29.3 Å². The average Bonchev–Trinajstić information content (AvgIpc) is 3.18. The molecule has 4 unspecified atom stereocenters. The van der Waals surface area contributed by atoms with E-state index in [9.17, 15) is 19.2 Å². The maximum atomic E-state index is 13.5. The Hall–Kier alpha value is -2.74. The quantitative estimate of drug-likeness (QED) is 0.645. The summed E-state index contributed by atoms with van der Waals surface area (Å²) in [4.78, 5) is 53.0. The normalized spacial score (nSPS) is 30.7. The molecule has 1 spiro atoms. The number of nitrogens with one attached hydrogen (secondary N) is 2. The maximum Gasteiger partial charge on any atom is 0.250 e. The van der Waals surface area contributed by atoms with Crippen molar-refractivity contribution in [2.75, 3.05) is 5.32 Å². The van der Waals surface area contributed by atoms with Crippen molar-refractivity contribution in [3.8, 4) is 0 Å². The van der Waals surface area contributed by atoms with Gasteiger partial charge in [0.2, 0.25) is 23.6 Å². The Morgan fingerprint density at radius 2 is 1.90 bits per heavy atom. The number of rotatable bonds is 3. The van der Waals surface area contributed by atoms with Crippen molar-refractivity contribution >= 4 is 29.3 Å². The Morgan fingerprint density at radius 1 is 1.21 bits per heavy atom. The van der Waals surface area contributed by atoms with E-state index in [0.717, 1.165) is 12.0 Å². The molecule has 8 heteroatoms. The molecule has 29 heavy (non-hydrogen) atoms. The number of hydrogen-bond donors (Lipinski definition) is 3. The second-order valence-corrected chi connectivity index (χ2v) is 9.10. The fraction of sp³-hybridized carbons (Fsp3) is 0.524. The standard InChI is InChI=1S/C21H26N4O4/c1-5-10-6-7-12-11(8-10)21(19(29)23-12)16-15(13(24-21)9-14(22)26)17(27)25(18(16)28)20(2,3)4/h6-8,13,15-16,24H,5,9H2,1-4H3,(H2,22,26)(H,23,29). The van der Waals surface area contributed by atoms with Crippen molar-refractivity contribution < 1.29 is 19.2 Å². The van der Waals surface area contributed by atoms with Crippen LogP contribution < -0.4 is 16.4 Å². The van der Waals surface area contributed by atoms with Gasteiger partial charge in [-0.3, -0.25) is 29.4 Å². The Labute approximate surface area is 169 Å². The van der Waals surface area contributed by atoms with E-state index in [0.29, 0.717) is 11.3 Å². The highest BCUT2D eigenvalue weighted by Gasteiger charge is 2.71. The van der Waals surface area contributed by atoms with Crippen molar-refractivity contribution in [2.45, 2.75) is 57.7 Å². The van der Waals surface area contributed by atoms with Crippen LogP contribution in [-0.4, -0.2) is 40.1 Å². The van der Waals surface area contributed by atoms with Gasteiger partial charge < -0.3 is 11.1 Å². The fourth-order valence-electron chi connectivity index (χ4n) is 5.12. The third-order valence-electron chi connectivity index (χ3n) is 6.28. The highest BCUT2D eigenvalue weighted by Crippen LogP contribution is 2.54. The van der Waals surface area contributed by atoms with Gasteiger partial charge in [-0.1, -0.05) is 19.1 Å². The van der Waals surface area contributed by atoms with Gasteiger partial charge in [-0.05, 0) is 38.8 Å². The topological polar surface area (TPSA) is 122 Å². The van der Waals surface area contributed by atoms with Crippen LogP contribution in [-0.2, 0) is 31.1 Å². The molecule has 154 valence electrons. The molecule has 3 aliphatic heterocycles. The van der Waals surface area contributed by atoms with Crippen LogP contribution in [0.25, 0.3) is 0 Å². The third-order valence-corrected chi connectivity index (χ3v) is 6.28. The molecule has 0 aliphatic carbocycles. The second kappa shape index (κ2) is 6.13. The number of amides is 4. The summed E-state index contributed by atoms with van der Waals surface area (Å²) < 4.78 is 0. The highest BCUT2D eigenvalue weighted by atomic mass is 16.2. The van der Waals surface area contributed by atoms with Crippen LogP contribution in [0.15, 0.2) is 18.2 Å². The summed E-state index contributed by atoms with van der Waals surface area (Å²) in [6.07, 6.45) is 0.632. The van der Waals surface area contributed by atoms with Crippen LogP contribution in [0.2, 0.25) is 0 Å². The summed E-state index contributed by atoms with van der Waals surface area (Å²) in [6.45, 7) is 7.35.